The summed E-state index contributed by atoms with van der Waals surface area (Å²) in [6.07, 6.45) is 2.30. The molecule has 0 fully saturated rings. The van der Waals surface area contributed by atoms with Crippen LogP contribution in [0.1, 0.15) is 18.0 Å². The first-order valence-corrected chi connectivity index (χ1v) is 8.02. The third-order valence-corrected chi connectivity index (χ3v) is 4.36. The number of benzene rings is 2. The molecule has 0 saturated heterocycles. The van der Waals surface area contributed by atoms with E-state index in [1.54, 1.807) is 16.9 Å². The highest BCUT2D eigenvalue weighted by molar-refractivity contribution is 6.00. The summed E-state index contributed by atoms with van der Waals surface area (Å²) in [6, 6.07) is 9.31. The summed E-state index contributed by atoms with van der Waals surface area (Å²) >= 11 is 0. The number of hydrogen-bond acceptors (Lipinski definition) is 3. The highest BCUT2D eigenvalue weighted by atomic mass is 19.1. The van der Waals surface area contributed by atoms with Crippen LogP contribution >= 0.6 is 0 Å². The molecular formula is C18H17FN4O2. The number of aryl methyl sites for hydroxylation is 1. The molecule has 0 aliphatic carbocycles. The molecule has 1 aromatic heterocycles. The lowest BCUT2D eigenvalue weighted by Gasteiger charge is -2.26. The van der Waals surface area contributed by atoms with E-state index in [9.17, 15) is 9.18 Å². The Bertz CT molecular complexity index is 953. The van der Waals surface area contributed by atoms with Gasteiger partial charge in [0.2, 0.25) is 0 Å². The number of ether oxygens (including phenoxy) is 1. The minimum Gasteiger partial charge on any atom is -0.493 e. The Hall–Kier alpha value is -3.09. The molecule has 2 N–H and O–H groups in total. The molecule has 0 bridgehead atoms. The lowest BCUT2D eigenvalue weighted by atomic mass is 10.0. The highest BCUT2D eigenvalue weighted by Crippen LogP contribution is 2.32. The third-order valence-electron chi connectivity index (χ3n) is 4.36. The predicted octanol–water partition coefficient (Wildman–Crippen LogP) is 3.36. The topological polar surface area (TPSA) is 68.2 Å². The van der Waals surface area contributed by atoms with E-state index in [-0.39, 0.29) is 17.9 Å². The molecular weight excluding hydrogens is 323 g/mol. The summed E-state index contributed by atoms with van der Waals surface area (Å²) in [5, 5.41) is 10.8. The van der Waals surface area contributed by atoms with Crippen molar-refractivity contribution in [3.8, 4) is 5.75 Å². The van der Waals surface area contributed by atoms with Crippen molar-refractivity contribution in [2.45, 2.75) is 12.5 Å². The second kappa shape index (κ2) is 6.08. The van der Waals surface area contributed by atoms with Gasteiger partial charge < -0.3 is 15.4 Å². The molecule has 4 rings (SSSR count). The van der Waals surface area contributed by atoms with Crippen molar-refractivity contribution >= 4 is 22.6 Å². The first-order valence-electron chi connectivity index (χ1n) is 8.02. The molecule has 25 heavy (non-hydrogen) atoms. The van der Waals surface area contributed by atoms with Gasteiger partial charge >= 0.3 is 6.03 Å². The minimum absolute atomic E-state index is 0.299. The smallest absolute Gasteiger partial charge is 0.319 e. The first kappa shape index (κ1) is 15.4. The lowest BCUT2D eigenvalue weighted by Crippen LogP contribution is -2.35. The van der Waals surface area contributed by atoms with E-state index in [1.165, 1.54) is 12.1 Å². The van der Waals surface area contributed by atoms with Gasteiger partial charge in [0, 0.05) is 24.4 Å². The van der Waals surface area contributed by atoms with Crippen LogP contribution in [0.5, 0.6) is 5.75 Å². The van der Waals surface area contributed by atoms with Gasteiger partial charge in [-0.3, -0.25) is 4.68 Å². The van der Waals surface area contributed by atoms with Crippen LogP contribution in [-0.2, 0) is 7.05 Å². The normalized spacial score (nSPS) is 16.2. The number of urea groups is 1. The predicted molar refractivity (Wildman–Crippen MR) is 92.1 cm³/mol. The molecule has 0 saturated carbocycles. The SMILES string of the molecule is Cn1ncc2c(NC(=O)N[C@@H]3CCOc4ccc(F)cc43)cccc21. The van der Waals surface area contributed by atoms with Gasteiger partial charge in [-0.15, -0.1) is 0 Å². The number of anilines is 1. The average molecular weight is 340 g/mol. The standard InChI is InChI=1S/C18H17FN4O2/c1-23-16-4-2-3-14(13(16)10-20-23)21-18(24)22-15-7-8-25-17-6-5-11(19)9-12(15)17/h2-6,9-10,15H,7-8H2,1H3,(H2,21,22,24)/t15-/m1/s1. The summed E-state index contributed by atoms with van der Waals surface area (Å²) in [7, 11) is 1.85. The second-order valence-electron chi connectivity index (χ2n) is 5.98. The van der Waals surface area contributed by atoms with Crippen LogP contribution in [0, 0.1) is 5.82 Å². The second-order valence-corrected chi connectivity index (χ2v) is 5.98. The molecule has 6 nitrogen and oxygen atoms in total. The number of carbonyl (C=O) groups excluding carboxylic acids is 1. The van der Waals surface area contributed by atoms with Crippen LogP contribution in [0.3, 0.4) is 0 Å². The van der Waals surface area contributed by atoms with E-state index in [1.807, 2.05) is 25.2 Å². The minimum atomic E-state index is -0.350. The number of amides is 2. The molecule has 1 aliphatic heterocycles. The van der Waals surface area contributed by atoms with Gasteiger partial charge in [0.05, 0.1) is 30.0 Å². The van der Waals surface area contributed by atoms with Gasteiger partial charge in [0.15, 0.2) is 0 Å². The number of carbonyl (C=O) groups is 1. The van der Waals surface area contributed by atoms with Gasteiger partial charge in [-0.25, -0.2) is 9.18 Å². The van der Waals surface area contributed by atoms with E-state index in [0.717, 1.165) is 10.9 Å². The average Bonchev–Trinajstić information content (AvgIpc) is 2.98. The summed E-state index contributed by atoms with van der Waals surface area (Å²) in [5.41, 5.74) is 2.26. The molecule has 0 radical (unpaired) electrons. The zero-order chi connectivity index (χ0) is 17.4. The largest absolute Gasteiger partial charge is 0.493 e. The number of nitrogens with one attached hydrogen (secondary N) is 2. The van der Waals surface area contributed by atoms with E-state index in [0.29, 0.717) is 30.0 Å². The Balaban J connectivity index is 1.54. The van der Waals surface area contributed by atoms with Crippen LogP contribution < -0.4 is 15.4 Å². The van der Waals surface area contributed by atoms with Crippen molar-refractivity contribution in [3.63, 3.8) is 0 Å². The van der Waals surface area contributed by atoms with Gasteiger partial charge in [0.25, 0.3) is 0 Å². The van der Waals surface area contributed by atoms with Crippen molar-refractivity contribution < 1.29 is 13.9 Å². The van der Waals surface area contributed by atoms with Crippen LogP contribution in [0.25, 0.3) is 10.9 Å². The van der Waals surface area contributed by atoms with E-state index >= 15 is 0 Å². The first-order chi connectivity index (χ1) is 12.1. The Morgan fingerprint density at radius 3 is 3.12 bits per heavy atom. The van der Waals surface area contributed by atoms with Crippen LogP contribution in [0.4, 0.5) is 14.9 Å². The zero-order valence-electron chi connectivity index (χ0n) is 13.6. The van der Waals surface area contributed by atoms with Crippen LogP contribution in [-0.4, -0.2) is 22.4 Å². The number of nitrogens with zero attached hydrogens (tertiary/aromatic N) is 2. The van der Waals surface area contributed by atoms with Gasteiger partial charge in [-0.05, 0) is 30.3 Å². The number of fused-ring (bicyclic) bond motifs is 2. The van der Waals surface area contributed by atoms with E-state index in [4.69, 9.17) is 4.74 Å². The molecule has 2 heterocycles. The number of rotatable bonds is 2. The molecule has 1 aliphatic rings. The van der Waals surface area contributed by atoms with Crippen molar-refractivity contribution in [2.75, 3.05) is 11.9 Å². The van der Waals surface area contributed by atoms with E-state index < -0.39 is 0 Å². The fourth-order valence-corrected chi connectivity index (χ4v) is 3.12. The maximum absolute atomic E-state index is 13.5. The van der Waals surface area contributed by atoms with Gasteiger partial charge in [-0.1, -0.05) is 6.07 Å². The maximum atomic E-state index is 13.5. The quantitative estimate of drug-likeness (QED) is 0.752. The fraction of sp³-hybridized carbons (Fsp3) is 0.222. The van der Waals surface area contributed by atoms with Crippen LogP contribution in [0.15, 0.2) is 42.6 Å². The summed E-state index contributed by atoms with van der Waals surface area (Å²) in [4.78, 5) is 12.4. The van der Waals surface area contributed by atoms with Crippen LogP contribution in [0.2, 0.25) is 0 Å². The monoisotopic (exact) mass is 340 g/mol. The molecule has 7 heteroatoms. The van der Waals surface area contributed by atoms with Crippen molar-refractivity contribution in [3.05, 3.63) is 54.0 Å². The zero-order valence-corrected chi connectivity index (χ0v) is 13.6. The van der Waals surface area contributed by atoms with Crippen molar-refractivity contribution in [1.29, 1.82) is 0 Å². The van der Waals surface area contributed by atoms with E-state index in [2.05, 4.69) is 15.7 Å². The number of aromatic nitrogens is 2. The Morgan fingerprint density at radius 1 is 1.36 bits per heavy atom. The Morgan fingerprint density at radius 2 is 2.24 bits per heavy atom. The highest BCUT2D eigenvalue weighted by Gasteiger charge is 2.24. The Kier molecular flexibility index (Phi) is 3.76. The Labute approximate surface area is 143 Å². The maximum Gasteiger partial charge on any atom is 0.319 e. The molecule has 128 valence electrons. The molecule has 2 amide bonds. The summed E-state index contributed by atoms with van der Waals surface area (Å²) < 4.78 is 20.8. The number of hydrogen-bond donors (Lipinski definition) is 2. The van der Waals surface area contributed by atoms with Crippen molar-refractivity contribution in [1.82, 2.24) is 15.1 Å². The van der Waals surface area contributed by atoms with Crippen molar-refractivity contribution in [2.24, 2.45) is 7.05 Å². The molecule has 2 aromatic carbocycles. The van der Waals surface area contributed by atoms with Gasteiger partial charge in [-0.2, -0.15) is 5.10 Å². The molecule has 0 unspecified atom stereocenters. The van der Waals surface area contributed by atoms with Gasteiger partial charge in [0.1, 0.15) is 11.6 Å². The third kappa shape index (κ3) is 2.88. The molecule has 3 aromatic rings. The summed E-state index contributed by atoms with van der Waals surface area (Å²) in [5.74, 6) is 0.254. The fourth-order valence-electron chi connectivity index (χ4n) is 3.12. The lowest BCUT2D eigenvalue weighted by molar-refractivity contribution is 0.232. The molecule has 1 atom stereocenters. The number of halogens is 1. The summed E-state index contributed by atoms with van der Waals surface area (Å²) in [6.45, 7) is 0.474. The molecule has 0 spiro atoms.